The van der Waals surface area contributed by atoms with Crippen molar-refractivity contribution in [1.29, 1.82) is 0 Å². The Morgan fingerprint density at radius 2 is 1.78 bits per heavy atom. The zero-order valence-electron chi connectivity index (χ0n) is 22.2. The highest BCUT2D eigenvalue weighted by Crippen LogP contribution is 2.50. The zero-order valence-corrected chi connectivity index (χ0v) is 22.2. The fourth-order valence-corrected chi connectivity index (χ4v) is 6.45. The first-order valence-corrected chi connectivity index (χ1v) is 12.9. The van der Waals surface area contributed by atoms with Crippen LogP contribution in [0.3, 0.4) is 0 Å². The summed E-state index contributed by atoms with van der Waals surface area (Å²) in [6.07, 6.45) is 4.25. The third-order valence-electron chi connectivity index (χ3n) is 8.35. The number of hydrogen-bond acceptors (Lipinski definition) is 5. The lowest BCUT2D eigenvalue weighted by molar-refractivity contribution is -0.113. The van der Waals surface area contributed by atoms with Crippen molar-refractivity contribution in [1.82, 2.24) is 4.98 Å². The first-order chi connectivity index (χ1) is 17.6. The molecule has 5 heteroatoms. The summed E-state index contributed by atoms with van der Waals surface area (Å²) in [6, 6.07) is 14.4. The van der Waals surface area contributed by atoms with Crippen LogP contribution >= 0.6 is 0 Å². The molecule has 6 rings (SSSR count). The highest BCUT2D eigenvalue weighted by molar-refractivity contribution is 6.27. The molecule has 3 heterocycles. The number of aliphatic hydroxyl groups excluding tert-OH is 1. The van der Waals surface area contributed by atoms with Crippen LogP contribution in [0.25, 0.3) is 10.8 Å². The molecule has 3 aromatic rings. The van der Waals surface area contributed by atoms with Crippen LogP contribution in [0.1, 0.15) is 59.1 Å². The summed E-state index contributed by atoms with van der Waals surface area (Å²) < 4.78 is 0. The number of Topliss-reactive ketones (excluding diaryl/α,β-unsaturated/α-hetero) is 1. The van der Waals surface area contributed by atoms with Gasteiger partial charge in [0.2, 0.25) is 5.78 Å². The number of allylic oxidation sites excluding steroid dienone is 5. The Morgan fingerprint density at radius 1 is 1.03 bits per heavy atom. The molecule has 1 aliphatic carbocycles. The molecule has 0 spiro atoms. The number of hydrogen-bond donors (Lipinski definition) is 2. The maximum atomic E-state index is 13.7. The van der Waals surface area contributed by atoms with Gasteiger partial charge in [-0.1, -0.05) is 65.0 Å². The van der Waals surface area contributed by atoms with Crippen molar-refractivity contribution in [2.24, 2.45) is 4.99 Å². The highest BCUT2D eigenvalue weighted by Gasteiger charge is 2.45. The Balaban J connectivity index is 1.46. The Kier molecular flexibility index (Phi) is 4.91. The molecule has 37 heavy (non-hydrogen) atoms. The molecule has 0 saturated heterocycles. The molecule has 0 atom stereocenters. The maximum absolute atomic E-state index is 13.7. The fraction of sp³-hybridized carbons (Fsp3) is 0.281. The van der Waals surface area contributed by atoms with Crippen LogP contribution in [0.15, 0.2) is 93.6 Å². The Labute approximate surface area is 217 Å². The molecular formula is C32H31N3O2. The second kappa shape index (κ2) is 7.75. The lowest BCUT2D eigenvalue weighted by Crippen LogP contribution is -2.33. The number of aliphatic imine (C=N–C) groups is 1. The normalized spacial score (nSPS) is 21.8. The van der Waals surface area contributed by atoms with Gasteiger partial charge in [0.1, 0.15) is 5.76 Å². The van der Waals surface area contributed by atoms with Gasteiger partial charge in [-0.15, -0.1) is 0 Å². The summed E-state index contributed by atoms with van der Waals surface area (Å²) in [5.74, 6) is -0.0526. The number of pyridine rings is 1. The number of carbonyl (C=O) groups is 1. The van der Waals surface area contributed by atoms with Gasteiger partial charge in [-0.3, -0.25) is 14.8 Å². The van der Waals surface area contributed by atoms with Gasteiger partial charge in [0.15, 0.2) is 0 Å². The van der Waals surface area contributed by atoms with Gasteiger partial charge in [-0.05, 0) is 53.0 Å². The third kappa shape index (κ3) is 3.06. The van der Waals surface area contributed by atoms with Crippen LogP contribution < -0.4 is 5.32 Å². The first-order valence-electron chi connectivity index (χ1n) is 12.9. The minimum absolute atomic E-state index is 0.0674. The first kappa shape index (κ1) is 23.4. The second-order valence-electron chi connectivity index (χ2n) is 11.2. The Hall–Kier alpha value is -3.99. The van der Waals surface area contributed by atoms with Crippen molar-refractivity contribution in [3.05, 3.63) is 99.7 Å². The third-order valence-corrected chi connectivity index (χ3v) is 8.35. The molecule has 3 aliphatic rings. The van der Waals surface area contributed by atoms with E-state index in [-0.39, 0.29) is 17.0 Å². The van der Waals surface area contributed by atoms with E-state index >= 15 is 0 Å². The van der Waals surface area contributed by atoms with E-state index in [1.54, 1.807) is 6.20 Å². The van der Waals surface area contributed by atoms with Crippen LogP contribution in [0.2, 0.25) is 0 Å². The van der Waals surface area contributed by atoms with Crippen LogP contribution in [0.5, 0.6) is 0 Å². The van der Waals surface area contributed by atoms with Crippen molar-refractivity contribution < 1.29 is 9.90 Å². The molecule has 0 fully saturated rings. The molecule has 2 aliphatic heterocycles. The van der Waals surface area contributed by atoms with Crippen molar-refractivity contribution >= 4 is 33.6 Å². The molecule has 0 unspecified atom stereocenters. The number of anilines is 1. The number of aromatic nitrogens is 1. The topological polar surface area (TPSA) is 74.6 Å². The summed E-state index contributed by atoms with van der Waals surface area (Å²) in [7, 11) is 0. The second-order valence-corrected chi connectivity index (χ2v) is 11.2. The largest absolute Gasteiger partial charge is 0.506 e. The van der Waals surface area contributed by atoms with Gasteiger partial charge < -0.3 is 10.4 Å². The van der Waals surface area contributed by atoms with Crippen LogP contribution in [0.4, 0.5) is 11.4 Å². The summed E-state index contributed by atoms with van der Waals surface area (Å²) >= 11 is 0. The molecule has 0 radical (unpaired) electrons. The van der Waals surface area contributed by atoms with Crippen LogP contribution in [-0.4, -0.2) is 21.6 Å². The van der Waals surface area contributed by atoms with Gasteiger partial charge in [0.05, 0.1) is 22.5 Å². The molecule has 1 aromatic heterocycles. The van der Waals surface area contributed by atoms with Gasteiger partial charge in [-0.2, -0.15) is 0 Å². The van der Waals surface area contributed by atoms with Crippen molar-refractivity contribution in [3.63, 3.8) is 0 Å². The number of aliphatic hydroxyl groups is 1. The molecule has 186 valence electrons. The van der Waals surface area contributed by atoms with E-state index in [0.717, 1.165) is 45.1 Å². The molecule has 2 N–H and O–H groups in total. The predicted octanol–water partition coefficient (Wildman–Crippen LogP) is 7.38. The van der Waals surface area contributed by atoms with Crippen molar-refractivity contribution in [3.8, 4) is 0 Å². The van der Waals surface area contributed by atoms with E-state index in [9.17, 15) is 9.90 Å². The quantitative estimate of drug-likeness (QED) is 0.377. The maximum Gasteiger partial charge on any atom is 0.201 e. The van der Waals surface area contributed by atoms with Crippen molar-refractivity contribution in [2.45, 2.75) is 58.8 Å². The van der Waals surface area contributed by atoms with E-state index in [0.29, 0.717) is 17.6 Å². The highest BCUT2D eigenvalue weighted by atomic mass is 16.3. The van der Waals surface area contributed by atoms with Gasteiger partial charge >= 0.3 is 0 Å². The zero-order chi connectivity index (χ0) is 26.3. The molecular weight excluding hydrogens is 458 g/mol. The van der Waals surface area contributed by atoms with Crippen LogP contribution in [0, 0.1) is 0 Å². The summed E-state index contributed by atoms with van der Waals surface area (Å²) in [6.45, 7) is 12.5. The number of fused-ring (bicyclic) bond motifs is 4. The van der Waals surface area contributed by atoms with Crippen LogP contribution in [-0.2, 0) is 15.6 Å². The standard InChI is InChI=1S/C32H31N3O2/c1-7-19(30-31(3,4)21-16-33-15-14-22(21)34-30)25-27(36)24(28(25)37)17(2)29-32(5,6)26-20-11-9-8-10-18(20)12-13-23(26)35-29/h8-16,34,36H,7H2,1-6H3. The molecule has 5 nitrogen and oxygen atoms in total. The van der Waals surface area contributed by atoms with E-state index in [1.165, 1.54) is 10.8 Å². The Morgan fingerprint density at radius 3 is 2.49 bits per heavy atom. The molecule has 2 aromatic carbocycles. The number of nitrogens with zero attached hydrogens (tertiary/aromatic N) is 2. The summed E-state index contributed by atoms with van der Waals surface area (Å²) in [5, 5.41) is 17.2. The molecule has 0 bridgehead atoms. The number of ketones is 1. The summed E-state index contributed by atoms with van der Waals surface area (Å²) in [4.78, 5) is 23.0. The number of benzene rings is 2. The van der Waals surface area contributed by atoms with E-state index in [1.807, 2.05) is 44.3 Å². The van der Waals surface area contributed by atoms with E-state index < -0.39 is 5.41 Å². The minimum atomic E-state index is -0.403. The minimum Gasteiger partial charge on any atom is -0.506 e. The SMILES string of the molecule is CCC(C1=C(O)C(=C(C)C2=Nc3ccc4ccccc4c3C2(C)C)C1=O)=C1Nc2ccncc2C1(C)C. The van der Waals surface area contributed by atoms with Crippen molar-refractivity contribution in [2.75, 3.05) is 5.32 Å². The summed E-state index contributed by atoms with van der Waals surface area (Å²) in [5.41, 5.74) is 7.56. The predicted molar refractivity (Wildman–Crippen MR) is 150 cm³/mol. The lowest BCUT2D eigenvalue weighted by atomic mass is 9.71. The van der Waals surface area contributed by atoms with Gasteiger partial charge in [-0.25, -0.2) is 0 Å². The lowest BCUT2D eigenvalue weighted by Gasteiger charge is -2.31. The fourth-order valence-electron chi connectivity index (χ4n) is 6.45. The Bertz CT molecular complexity index is 1660. The smallest absolute Gasteiger partial charge is 0.201 e. The van der Waals surface area contributed by atoms with E-state index in [4.69, 9.17) is 4.99 Å². The van der Waals surface area contributed by atoms with E-state index in [2.05, 4.69) is 56.2 Å². The average Bonchev–Trinajstić information content (AvgIpc) is 3.31. The number of carbonyl (C=O) groups excluding carboxylic acids is 1. The average molecular weight is 490 g/mol. The number of nitrogens with one attached hydrogen (secondary N) is 1. The van der Waals surface area contributed by atoms with Gasteiger partial charge in [0, 0.05) is 40.2 Å². The van der Waals surface area contributed by atoms with Gasteiger partial charge in [0.25, 0.3) is 0 Å². The monoisotopic (exact) mass is 489 g/mol. The number of rotatable bonds is 3. The molecule has 0 amide bonds. The molecule has 0 saturated carbocycles.